The van der Waals surface area contributed by atoms with Crippen LogP contribution in [-0.2, 0) is 36.4 Å². The zero-order valence-electron chi connectivity index (χ0n) is 17.0. The average molecular weight is 434 g/mol. The fourth-order valence-corrected chi connectivity index (χ4v) is 10.0. The van der Waals surface area contributed by atoms with Gasteiger partial charge in [0.15, 0.2) is 8.32 Å². The number of carboxylic acids is 1. The SMILES string of the molecule is COP(=O)(OC)C(CCC(=O)O)(O[Si](C)(C)C(C)(C)C)P(=O)(OC)OC. The van der Waals surface area contributed by atoms with Gasteiger partial charge >= 0.3 is 21.2 Å². The van der Waals surface area contributed by atoms with Crippen LogP contribution in [-0.4, -0.2) is 52.9 Å². The van der Waals surface area contributed by atoms with E-state index >= 15 is 0 Å². The number of hydrogen-bond acceptors (Lipinski definition) is 8. The third-order valence-corrected chi connectivity index (χ3v) is 15.3. The summed E-state index contributed by atoms with van der Waals surface area (Å²) in [6, 6.07) is 0. The maximum absolute atomic E-state index is 13.5. The van der Waals surface area contributed by atoms with Crippen LogP contribution in [0.3, 0.4) is 0 Å². The average Bonchev–Trinajstić information content (AvgIpc) is 2.55. The fraction of sp³-hybridized carbons (Fsp3) is 0.929. The van der Waals surface area contributed by atoms with E-state index in [4.69, 9.17) is 22.5 Å². The van der Waals surface area contributed by atoms with Gasteiger partial charge < -0.3 is 27.6 Å². The van der Waals surface area contributed by atoms with E-state index in [0.717, 1.165) is 28.4 Å². The highest BCUT2D eigenvalue weighted by atomic mass is 31.2. The predicted octanol–water partition coefficient (Wildman–Crippen LogP) is 4.50. The lowest BCUT2D eigenvalue weighted by Gasteiger charge is -2.48. The molecule has 26 heavy (non-hydrogen) atoms. The lowest BCUT2D eigenvalue weighted by molar-refractivity contribution is -0.137. The van der Waals surface area contributed by atoms with Crippen LogP contribution in [0.25, 0.3) is 0 Å². The van der Waals surface area contributed by atoms with E-state index in [1.165, 1.54) is 0 Å². The molecule has 1 N–H and O–H groups in total. The molecule has 0 saturated heterocycles. The minimum absolute atomic E-state index is 0.375. The zero-order valence-corrected chi connectivity index (χ0v) is 19.8. The van der Waals surface area contributed by atoms with Crippen LogP contribution in [0.1, 0.15) is 33.6 Å². The summed E-state index contributed by atoms with van der Waals surface area (Å²) in [6.45, 7) is 9.46. The van der Waals surface area contributed by atoms with Crippen molar-refractivity contribution in [3.8, 4) is 0 Å². The molecule has 0 spiro atoms. The Morgan fingerprint density at radius 3 is 1.50 bits per heavy atom. The van der Waals surface area contributed by atoms with Gasteiger partial charge in [0.05, 0.1) is 0 Å². The first-order chi connectivity index (χ1) is 11.6. The summed E-state index contributed by atoms with van der Waals surface area (Å²) in [5.41, 5.74) is 0. The third kappa shape index (κ3) is 4.86. The van der Waals surface area contributed by atoms with Gasteiger partial charge in [-0.15, -0.1) is 0 Å². The molecule has 0 aromatic carbocycles. The van der Waals surface area contributed by atoms with Crippen molar-refractivity contribution < 1.29 is 41.6 Å². The van der Waals surface area contributed by atoms with Gasteiger partial charge in [-0.25, -0.2) is 0 Å². The van der Waals surface area contributed by atoms with Gasteiger partial charge in [-0.3, -0.25) is 13.9 Å². The molecule has 0 aliphatic carbocycles. The van der Waals surface area contributed by atoms with Crippen molar-refractivity contribution in [1.82, 2.24) is 0 Å². The van der Waals surface area contributed by atoms with Gasteiger partial charge in [-0.1, -0.05) is 20.8 Å². The van der Waals surface area contributed by atoms with Crippen molar-refractivity contribution >= 4 is 29.5 Å². The molecule has 0 amide bonds. The standard InChI is InChI=1S/C14H32O9P2Si/c1-13(2,3)26(8,9)23-14(11-10-12(15)16,24(17,19-4)20-5)25(18,21-6)22-7/h10-11H2,1-9H3,(H,15,16). The molecule has 0 aliphatic rings. The number of rotatable bonds is 11. The minimum Gasteiger partial charge on any atom is -0.481 e. The normalized spacial score (nSPS) is 14.5. The summed E-state index contributed by atoms with van der Waals surface area (Å²) in [6.07, 6.45) is -0.936. The molecule has 0 rings (SSSR count). The zero-order chi connectivity index (χ0) is 21.0. The number of carbonyl (C=O) groups is 1. The van der Waals surface area contributed by atoms with Gasteiger partial charge in [0.2, 0.25) is 0 Å². The van der Waals surface area contributed by atoms with Crippen molar-refractivity contribution in [3.63, 3.8) is 0 Å². The second kappa shape index (κ2) is 8.96. The molecule has 156 valence electrons. The summed E-state index contributed by atoms with van der Waals surface area (Å²) in [5, 5.41) is 6.58. The van der Waals surface area contributed by atoms with Crippen LogP contribution < -0.4 is 0 Å². The Hall–Kier alpha value is -0.0531. The van der Waals surface area contributed by atoms with Crippen molar-refractivity contribution in [2.75, 3.05) is 28.4 Å². The Bertz CT molecular complexity index is 543. The van der Waals surface area contributed by atoms with Crippen molar-refractivity contribution in [1.29, 1.82) is 0 Å². The Morgan fingerprint density at radius 1 is 0.923 bits per heavy atom. The van der Waals surface area contributed by atoms with E-state index in [-0.39, 0.29) is 5.04 Å². The maximum atomic E-state index is 13.5. The summed E-state index contributed by atoms with van der Waals surface area (Å²) in [4.78, 5) is 11.2. The van der Waals surface area contributed by atoms with Crippen LogP contribution in [0.2, 0.25) is 18.1 Å². The van der Waals surface area contributed by atoms with Gasteiger partial charge in [0.1, 0.15) is 0 Å². The quantitative estimate of drug-likeness (QED) is 0.370. The minimum atomic E-state index is -4.26. The Morgan fingerprint density at radius 2 is 1.27 bits per heavy atom. The first-order valence-electron chi connectivity index (χ1n) is 7.97. The Balaban J connectivity index is 6.81. The molecular formula is C14H32O9P2Si. The maximum Gasteiger partial charge on any atom is 0.373 e. The number of hydrogen-bond donors (Lipinski definition) is 1. The van der Waals surface area contributed by atoms with Crippen molar-refractivity contribution in [2.45, 2.75) is 56.8 Å². The van der Waals surface area contributed by atoms with E-state index in [1.807, 2.05) is 33.9 Å². The van der Waals surface area contributed by atoms with Crippen molar-refractivity contribution in [2.24, 2.45) is 0 Å². The lowest BCUT2D eigenvalue weighted by atomic mass is 10.2. The van der Waals surface area contributed by atoms with Crippen LogP contribution in [0.4, 0.5) is 0 Å². The molecule has 0 atom stereocenters. The Labute approximate surface area is 156 Å². The van der Waals surface area contributed by atoms with Crippen LogP contribution in [0.15, 0.2) is 0 Å². The van der Waals surface area contributed by atoms with E-state index < -0.39 is 47.4 Å². The number of aliphatic carboxylic acids is 1. The third-order valence-electron chi connectivity index (χ3n) is 4.71. The summed E-state index contributed by atoms with van der Waals surface area (Å²) >= 11 is 0. The number of carboxylic acid groups (broad SMARTS) is 1. The summed E-state index contributed by atoms with van der Waals surface area (Å²) in [5.74, 6) is -1.19. The smallest absolute Gasteiger partial charge is 0.373 e. The van der Waals surface area contributed by atoms with E-state index in [0.29, 0.717) is 0 Å². The van der Waals surface area contributed by atoms with Crippen LogP contribution in [0.5, 0.6) is 0 Å². The summed E-state index contributed by atoms with van der Waals surface area (Å²) in [7, 11) is -6.82. The monoisotopic (exact) mass is 434 g/mol. The first kappa shape index (κ1) is 25.9. The molecule has 12 heteroatoms. The molecule has 0 saturated carbocycles. The Kier molecular flexibility index (Phi) is 8.95. The molecule has 0 bridgehead atoms. The highest BCUT2D eigenvalue weighted by molar-refractivity contribution is 7.74. The molecule has 0 aliphatic heterocycles. The molecule has 0 unspecified atom stereocenters. The van der Waals surface area contributed by atoms with Crippen LogP contribution >= 0.6 is 15.2 Å². The van der Waals surface area contributed by atoms with Gasteiger partial charge in [0, 0.05) is 41.3 Å². The van der Waals surface area contributed by atoms with E-state index in [9.17, 15) is 19.0 Å². The first-order valence-corrected chi connectivity index (χ1v) is 14.0. The molecule has 0 radical (unpaired) electrons. The topological polar surface area (TPSA) is 118 Å². The van der Waals surface area contributed by atoms with Gasteiger partial charge in [0.25, 0.3) is 5.08 Å². The molecule has 9 nitrogen and oxygen atoms in total. The molecular weight excluding hydrogens is 402 g/mol. The molecule has 0 heterocycles. The van der Waals surface area contributed by atoms with E-state index in [2.05, 4.69) is 0 Å². The highest BCUT2D eigenvalue weighted by Gasteiger charge is 2.68. The largest absolute Gasteiger partial charge is 0.481 e. The second-order valence-electron chi connectivity index (χ2n) is 7.22. The second-order valence-corrected chi connectivity index (χ2v) is 17.2. The van der Waals surface area contributed by atoms with Gasteiger partial charge in [-0.2, -0.15) is 0 Å². The highest BCUT2D eigenvalue weighted by Crippen LogP contribution is 2.79. The molecule has 0 aromatic rings. The van der Waals surface area contributed by atoms with Crippen molar-refractivity contribution in [3.05, 3.63) is 0 Å². The molecule has 0 fully saturated rings. The van der Waals surface area contributed by atoms with Crippen LogP contribution in [0, 0.1) is 0 Å². The van der Waals surface area contributed by atoms with E-state index in [1.54, 1.807) is 0 Å². The predicted molar refractivity (Wildman–Crippen MR) is 101 cm³/mol. The lowest BCUT2D eigenvalue weighted by Crippen LogP contribution is -2.50. The van der Waals surface area contributed by atoms with Gasteiger partial charge in [-0.05, 0) is 18.1 Å². The molecule has 0 aromatic heterocycles. The summed E-state index contributed by atoms with van der Waals surface area (Å²) < 4.78 is 53.6. The fourth-order valence-electron chi connectivity index (χ4n) is 2.14.